The molecule has 136 valence electrons. The number of benzene rings is 1. The molecule has 0 saturated carbocycles. The van der Waals surface area contributed by atoms with Gasteiger partial charge in [0.05, 0.1) is 6.54 Å². The van der Waals surface area contributed by atoms with Crippen molar-refractivity contribution in [2.75, 3.05) is 26.7 Å². The highest BCUT2D eigenvalue weighted by molar-refractivity contribution is 5.77. The molecule has 0 aliphatic carbocycles. The van der Waals surface area contributed by atoms with Crippen LogP contribution in [0.4, 0.5) is 13.2 Å². The Kier molecular flexibility index (Phi) is 8.39. The lowest BCUT2D eigenvalue weighted by Gasteiger charge is -2.16. The molecule has 3 N–H and O–H groups in total. The predicted molar refractivity (Wildman–Crippen MR) is 88.9 cm³/mol. The summed E-state index contributed by atoms with van der Waals surface area (Å²) in [6.07, 6.45) is -2.36. The maximum absolute atomic E-state index is 12.1. The fourth-order valence-corrected chi connectivity index (χ4v) is 1.94. The zero-order valence-corrected chi connectivity index (χ0v) is 14.1. The summed E-state index contributed by atoms with van der Waals surface area (Å²) in [5.41, 5.74) is 6.51. The van der Waals surface area contributed by atoms with Gasteiger partial charge in [0.2, 0.25) is 0 Å². The molecule has 0 unspecified atom stereocenters. The van der Waals surface area contributed by atoms with E-state index in [4.69, 9.17) is 5.73 Å². The minimum Gasteiger partial charge on any atom is -0.406 e. The lowest BCUT2D eigenvalue weighted by atomic mass is 10.2. The number of ether oxygens (including phenoxy) is 1. The third kappa shape index (κ3) is 9.24. The van der Waals surface area contributed by atoms with Crippen molar-refractivity contribution in [1.82, 2.24) is 10.2 Å². The Labute approximate surface area is 140 Å². The van der Waals surface area contributed by atoms with Crippen LogP contribution in [-0.2, 0) is 6.54 Å². The Balaban J connectivity index is 2.34. The van der Waals surface area contributed by atoms with Crippen molar-refractivity contribution in [3.63, 3.8) is 0 Å². The van der Waals surface area contributed by atoms with Crippen LogP contribution in [0.2, 0.25) is 0 Å². The van der Waals surface area contributed by atoms with Gasteiger partial charge >= 0.3 is 6.36 Å². The number of hydrogen-bond acceptors (Lipinski definition) is 3. The lowest BCUT2D eigenvalue weighted by Crippen LogP contribution is -2.37. The Bertz CT molecular complexity index is 503. The molecule has 0 aliphatic heterocycles. The summed E-state index contributed by atoms with van der Waals surface area (Å²) < 4.78 is 40.0. The van der Waals surface area contributed by atoms with Gasteiger partial charge in [-0.3, -0.25) is 0 Å². The van der Waals surface area contributed by atoms with Gasteiger partial charge in [0.1, 0.15) is 5.75 Å². The Morgan fingerprint density at radius 2 is 1.92 bits per heavy atom. The summed E-state index contributed by atoms with van der Waals surface area (Å²) in [5.74, 6) is 0.0611. The first kappa shape index (κ1) is 20.1. The SMILES string of the molecule is CCCCN(C)CCNC(N)=NCc1ccc(OC(F)(F)F)cc1. The number of likely N-dealkylation sites (N-methyl/N-ethyl adjacent to an activating group) is 1. The average molecular weight is 346 g/mol. The molecule has 0 radical (unpaired) electrons. The first-order valence-electron chi connectivity index (χ1n) is 7.87. The van der Waals surface area contributed by atoms with Crippen LogP contribution in [-0.4, -0.2) is 43.9 Å². The van der Waals surface area contributed by atoms with E-state index < -0.39 is 6.36 Å². The first-order chi connectivity index (χ1) is 11.3. The minimum absolute atomic E-state index is 0.253. The van der Waals surface area contributed by atoms with Crippen molar-refractivity contribution in [2.45, 2.75) is 32.7 Å². The van der Waals surface area contributed by atoms with E-state index in [2.05, 4.69) is 33.9 Å². The number of nitrogens with one attached hydrogen (secondary N) is 1. The molecule has 0 aromatic heterocycles. The number of unbranched alkanes of at least 4 members (excludes halogenated alkanes) is 1. The molecule has 0 amide bonds. The zero-order valence-electron chi connectivity index (χ0n) is 14.1. The zero-order chi connectivity index (χ0) is 18.0. The number of hydrogen-bond donors (Lipinski definition) is 2. The van der Waals surface area contributed by atoms with Gasteiger partial charge < -0.3 is 20.7 Å². The number of alkyl halides is 3. The number of guanidine groups is 1. The van der Waals surface area contributed by atoms with Crippen molar-refractivity contribution in [3.05, 3.63) is 29.8 Å². The van der Waals surface area contributed by atoms with Crippen LogP contribution in [0.15, 0.2) is 29.3 Å². The fraction of sp³-hybridized carbons (Fsp3) is 0.562. The van der Waals surface area contributed by atoms with Gasteiger partial charge in [-0.05, 0) is 37.7 Å². The summed E-state index contributed by atoms with van der Waals surface area (Å²) >= 11 is 0. The monoisotopic (exact) mass is 346 g/mol. The third-order valence-electron chi connectivity index (χ3n) is 3.28. The van der Waals surface area contributed by atoms with Crippen LogP contribution in [0.3, 0.4) is 0 Å². The van der Waals surface area contributed by atoms with Gasteiger partial charge in [0.15, 0.2) is 5.96 Å². The summed E-state index contributed by atoms with van der Waals surface area (Å²) in [4.78, 5) is 6.37. The third-order valence-corrected chi connectivity index (χ3v) is 3.28. The molecule has 8 heteroatoms. The van der Waals surface area contributed by atoms with E-state index in [-0.39, 0.29) is 12.3 Å². The van der Waals surface area contributed by atoms with Crippen molar-refractivity contribution in [2.24, 2.45) is 10.7 Å². The maximum Gasteiger partial charge on any atom is 0.573 e. The standard InChI is InChI=1S/C16H25F3N4O/c1-3-4-10-23(2)11-9-21-15(20)22-12-13-5-7-14(8-6-13)24-16(17,18)19/h5-8H,3-4,9-12H2,1-2H3,(H3,20,21,22). The van der Waals surface area contributed by atoms with Gasteiger partial charge in [-0.1, -0.05) is 25.5 Å². The second kappa shape index (κ2) is 10.0. The normalized spacial score (nSPS) is 12.5. The van der Waals surface area contributed by atoms with Gasteiger partial charge in [-0.15, -0.1) is 13.2 Å². The Morgan fingerprint density at radius 3 is 2.50 bits per heavy atom. The van der Waals surface area contributed by atoms with Crippen molar-refractivity contribution in [3.8, 4) is 5.75 Å². The van der Waals surface area contributed by atoms with Gasteiger partial charge in [0, 0.05) is 13.1 Å². The largest absolute Gasteiger partial charge is 0.573 e. The highest BCUT2D eigenvalue weighted by atomic mass is 19.4. The van der Waals surface area contributed by atoms with E-state index in [1.807, 2.05) is 0 Å². The van der Waals surface area contributed by atoms with Crippen LogP contribution < -0.4 is 15.8 Å². The molecule has 0 spiro atoms. The van der Waals surface area contributed by atoms with Gasteiger partial charge in [0.25, 0.3) is 0 Å². The molecule has 1 rings (SSSR count). The number of halogens is 3. The number of rotatable bonds is 9. The smallest absolute Gasteiger partial charge is 0.406 e. The maximum atomic E-state index is 12.1. The van der Waals surface area contributed by atoms with E-state index in [1.54, 1.807) is 0 Å². The topological polar surface area (TPSA) is 62.9 Å². The molecule has 5 nitrogen and oxygen atoms in total. The number of nitrogens with two attached hydrogens (primary N) is 1. The van der Waals surface area contributed by atoms with E-state index in [9.17, 15) is 13.2 Å². The molecule has 1 aromatic rings. The van der Waals surface area contributed by atoms with Crippen molar-refractivity contribution >= 4 is 5.96 Å². The van der Waals surface area contributed by atoms with E-state index >= 15 is 0 Å². The van der Waals surface area contributed by atoms with Crippen molar-refractivity contribution in [1.29, 1.82) is 0 Å². The summed E-state index contributed by atoms with van der Waals surface area (Å²) in [7, 11) is 2.05. The second-order valence-electron chi connectivity index (χ2n) is 5.48. The Morgan fingerprint density at radius 1 is 1.25 bits per heavy atom. The number of aliphatic imine (C=N–C) groups is 1. The molecule has 1 aromatic carbocycles. The molecule has 0 heterocycles. The summed E-state index contributed by atoms with van der Waals surface area (Å²) in [5, 5.41) is 3.02. The molecule has 0 aliphatic rings. The highest BCUT2D eigenvalue weighted by Crippen LogP contribution is 2.22. The van der Waals surface area contributed by atoms with E-state index in [0.717, 1.165) is 31.5 Å². The second-order valence-corrected chi connectivity index (χ2v) is 5.48. The van der Waals surface area contributed by atoms with Crippen LogP contribution in [0.5, 0.6) is 5.75 Å². The predicted octanol–water partition coefficient (Wildman–Crippen LogP) is 2.72. The van der Waals surface area contributed by atoms with Crippen LogP contribution in [0.1, 0.15) is 25.3 Å². The molecule has 0 atom stereocenters. The first-order valence-corrected chi connectivity index (χ1v) is 7.87. The van der Waals surface area contributed by atoms with Gasteiger partial charge in [-0.2, -0.15) is 0 Å². The highest BCUT2D eigenvalue weighted by Gasteiger charge is 2.30. The molecule has 0 saturated heterocycles. The van der Waals surface area contributed by atoms with Crippen LogP contribution >= 0.6 is 0 Å². The lowest BCUT2D eigenvalue weighted by molar-refractivity contribution is -0.274. The fourth-order valence-electron chi connectivity index (χ4n) is 1.94. The summed E-state index contributed by atoms with van der Waals surface area (Å²) in [6, 6.07) is 5.56. The minimum atomic E-state index is -4.68. The number of nitrogens with zero attached hydrogens (tertiary/aromatic N) is 2. The van der Waals surface area contributed by atoms with Gasteiger partial charge in [-0.25, -0.2) is 4.99 Å². The molecule has 0 bridgehead atoms. The van der Waals surface area contributed by atoms with Crippen molar-refractivity contribution < 1.29 is 17.9 Å². The molecular weight excluding hydrogens is 321 g/mol. The molecule has 0 fully saturated rings. The van der Waals surface area contributed by atoms with Crippen LogP contribution in [0.25, 0.3) is 0 Å². The molecule has 24 heavy (non-hydrogen) atoms. The molecular formula is C16H25F3N4O. The van der Waals surface area contributed by atoms with Crippen LogP contribution in [0, 0.1) is 0 Å². The quantitative estimate of drug-likeness (QED) is 0.533. The Hall–Kier alpha value is -1.96. The average Bonchev–Trinajstić information content (AvgIpc) is 2.51. The summed E-state index contributed by atoms with van der Waals surface area (Å²) in [6.45, 7) is 5.03. The van der Waals surface area contributed by atoms with E-state index in [0.29, 0.717) is 12.5 Å². The van der Waals surface area contributed by atoms with E-state index in [1.165, 1.54) is 24.3 Å².